The minimum Gasteiger partial charge on any atom is -0.468 e. The Morgan fingerprint density at radius 1 is 1.55 bits per heavy atom. The smallest absolute Gasteiger partial charge is 0.319 e. The number of esters is 1. The predicted octanol–water partition coefficient (Wildman–Crippen LogP) is 2.49. The van der Waals surface area contributed by atoms with Gasteiger partial charge in [0.05, 0.1) is 7.11 Å². The predicted molar refractivity (Wildman–Crippen MR) is 52.4 cm³/mol. The number of carbonyl (C=O) groups excluding carboxylic acids is 1. The summed E-state index contributed by atoms with van der Waals surface area (Å²) in [5.41, 5.74) is 0. The van der Waals surface area contributed by atoms with Crippen LogP contribution in [0.2, 0.25) is 0 Å². The number of halogens is 2. The number of rotatable bonds is 5. The molecule has 0 aromatic carbocycles. The van der Waals surface area contributed by atoms with Gasteiger partial charge in [-0.05, 0) is 12.8 Å². The fourth-order valence-corrected chi connectivity index (χ4v) is 1.57. The summed E-state index contributed by atoms with van der Waals surface area (Å²) in [5, 5.41) is 0.994. The van der Waals surface area contributed by atoms with Gasteiger partial charge < -0.3 is 4.74 Å². The summed E-state index contributed by atoms with van der Waals surface area (Å²) in [4.78, 5) is 10.7. The second kappa shape index (κ2) is 7.10. The van der Waals surface area contributed by atoms with Crippen LogP contribution in [0.15, 0.2) is 0 Å². The molecule has 0 bridgehead atoms. The van der Waals surface area contributed by atoms with Crippen LogP contribution in [0.4, 0.5) is 0 Å². The lowest BCUT2D eigenvalue weighted by molar-refractivity contribution is -0.139. The summed E-state index contributed by atoms with van der Waals surface area (Å²) in [6.45, 7) is 0. The van der Waals surface area contributed by atoms with Gasteiger partial charge in [-0.3, -0.25) is 4.79 Å². The summed E-state index contributed by atoms with van der Waals surface area (Å²) < 4.78 is 4.55. The molecule has 66 valence electrons. The van der Waals surface area contributed by atoms with Crippen molar-refractivity contribution in [2.75, 3.05) is 12.4 Å². The van der Waals surface area contributed by atoms with Gasteiger partial charge in [-0.25, -0.2) is 0 Å². The topological polar surface area (TPSA) is 26.3 Å². The Morgan fingerprint density at radius 3 is 2.64 bits per heavy atom. The number of carbonyl (C=O) groups is 1. The van der Waals surface area contributed by atoms with Gasteiger partial charge in [-0.1, -0.05) is 38.3 Å². The highest BCUT2D eigenvalue weighted by Crippen LogP contribution is 2.11. The molecule has 0 aliphatic heterocycles. The summed E-state index contributed by atoms with van der Waals surface area (Å²) >= 11 is 6.57. The summed E-state index contributed by atoms with van der Waals surface area (Å²) in [5.74, 6) is -0.181. The van der Waals surface area contributed by atoms with E-state index in [0.717, 1.165) is 24.6 Å². The Balaban J connectivity index is 3.36. The number of unbranched alkanes of at least 4 members (excludes halogenated alkanes) is 1. The van der Waals surface area contributed by atoms with Gasteiger partial charge in [0, 0.05) is 5.33 Å². The van der Waals surface area contributed by atoms with E-state index in [1.165, 1.54) is 7.11 Å². The Morgan fingerprint density at radius 2 is 2.18 bits per heavy atom. The average Bonchev–Trinajstić information content (AvgIpc) is 2.03. The zero-order chi connectivity index (χ0) is 8.69. The van der Waals surface area contributed by atoms with Crippen LogP contribution in [-0.4, -0.2) is 23.2 Å². The minimum absolute atomic E-state index is 0.133. The van der Waals surface area contributed by atoms with Gasteiger partial charge in [0.25, 0.3) is 0 Å². The zero-order valence-corrected chi connectivity index (χ0v) is 9.65. The van der Waals surface area contributed by atoms with Crippen LogP contribution in [0, 0.1) is 0 Å². The number of ether oxygens (including phenoxy) is 1. The van der Waals surface area contributed by atoms with Gasteiger partial charge in [-0.2, -0.15) is 0 Å². The molecule has 0 heterocycles. The zero-order valence-electron chi connectivity index (χ0n) is 6.48. The van der Waals surface area contributed by atoms with Crippen molar-refractivity contribution >= 4 is 37.8 Å². The Kier molecular flexibility index (Phi) is 7.38. The third-order valence-corrected chi connectivity index (χ3v) is 2.69. The summed E-state index contributed by atoms with van der Waals surface area (Å²) in [6.07, 6.45) is 2.98. The maximum absolute atomic E-state index is 10.8. The number of hydrogen-bond donors (Lipinski definition) is 0. The molecular weight excluding hydrogens is 276 g/mol. The normalized spacial score (nSPS) is 12.6. The van der Waals surface area contributed by atoms with Crippen molar-refractivity contribution in [2.24, 2.45) is 0 Å². The van der Waals surface area contributed by atoms with Gasteiger partial charge >= 0.3 is 5.97 Å². The second-order valence-electron chi connectivity index (χ2n) is 2.18. The van der Waals surface area contributed by atoms with Gasteiger partial charge in [0.1, 0.15) is 4.83 Å². The van der Waals surface area contributed by atoms with Crippen LogP contribution in [-0.2, 0) is 9.53 Å². The quantitative estimate of drug-likeness (QED) is 0.441. The maximum atomic E-state index is 10.8. The first-order valence-electron chi connectivity index (χ1n) is 3.50. The SMILES string of the molecule is COC(=O)C(Br)CCCCBr. The lowest BCUT2D eigenvalue weighted by Gasteiger charge is -2.05. The lowest BCUT2D eigenvalue weighted by Crippen LogP contribution is -2.15. The maximum Gasteiger partial charge on any atom is 0.319 e. The molecule has 2 nitrogen and oxygen atoms in total. The first-order valence-corrected chi connectivity index (χ1v) is 5.54. The highest BCUT2D eigenvalue weighted by atomic mass is 79.9. The molecular formula is C7H12Br2O2. The molecule has 0 saturated carbocycles. The highest BCUT2D eigenvalue weighted by Gasteiger charge is 2.13. The van der Waals surface area contributed by atoms with Crippen LogP contribution in [0.25, 0.3) is 0 Å². The summed E-state index contributed by atoms with van der Waals surface area (Å²) in [7, 11) is 1.40. The van der Waals surface area contributed by atoms with Crippen molar-refractivity contribution in [1.82, 2.24) is 0 Å². The van der Waals surface area contributed by atoms with Crippen LogP contribution in [0.1, 0.15) is 19.3 Å². The monoisotopic (exact) mass is 286 g/mol. The van der Waals surface area contributed by atoms with Crippen LogP contribution in [0.5, 0.6) is 0 Å². The Bertz CT molecular complexity index is 117. The van der Waals surface area contributed by atoms with Crippen molar-refractivity contribution in [1.29, 1.82) is 0 Å². The third-order valence-electron chi connectivity index (χ3n) is 1.30. The molecule has 0 aromatic heterocycles. The van der Waals surface area contributed by atoms with Crippen LogP contribution in [0.3, 0.4) is 0 Å². The van der Waals surface area contributed by atoms with E-state index in [1.54, 1.807) is 0 Å². The van der Waals surface area contributed by atoms with Gasteiger partial charge in [0.2, 0.25) is 0 Å². The fraction of sp³-hybridized carbons (Fsp3) is 0.857. The van der Waals surface area contributed by atoms with E-state index in [0.29, 0.717) is 0 Å². The van der Waals surface area contributed by atoms with E-state index in [2.05, 4.69) is 36.6 Å². The largest absolute Gasteiger partial charge is 0.468 e. The van der Waals surface area contributed by atoms with E-state index < -0.39 is 0 Å². The molecule has 0 N–H and O–H groups in total. The molecule has 0 saturated heterocycles. The Labute approximate surface area is 83.9 Å². The fourth-order valence-electron chi connectivity index (χ4n) is 0.664. The molecule has 0 fully saturated rings. The first kappa shape index (κ1) is 11.4. The van der Waals surface area contributed by atoms with E-state index >= 15 is 0 Å². The van der Waals surface area contributed by atoms with E-state index in [9.17, 15) is 4.79 Å². The lowest BCUT2D eigenvalue weighted by atomic mass is 10.2. The van der Waals surface area contributed by atoms with E-state index in [4.69, 9.17) is 0 Å². The molecule has 1 atom stereocenters. The van der Waals surface area contributed by atoms with E-state index in [-0.39, 0.29) is 10.8 Å². The third kappa shape index (κ3) is 5.67. The number of hydrogen-bond acceptors (Lipinski definition) is 2. The molecule has 4 heteroatoms. The average molecular weight is 288 g/mol. The van der Waals surface area contributed by atoms with E-state index in [1.807, 2.05) is 0 Å². The second-order valence-corrected chi connectivity index (χ2v) is 4.07. The molecule has 0 amide bonds. The van der Waals surface area contributed by atoms with Gasteiger partial charge in [-0.15, -0.1) is 0 Å². The highest BCUT2D eigenvalue weighted by molar-refractivity contribution is 9.10. The van der Waals surface area contributed by atoms with Crippen molar-refractivity contribution in [3.8, 4) is 0 Å². The molecule has 0 aliphatic carbocycles. The molecule has 0 rings (SSSR count). The molecule has 0 aliphatic rings. The molecule has 0 spiro atoms. The standard InChI is InChI=1S/C7H12Br2O2/c1-11-7(10)6(9)4-2-3-5-8/h6H,2-5H2,1H3. The number of alkyl halides is 2. The first-order chi connectivity index (χ1) is 5.22. The van der Waals surface area contributed by atoms with Crippen LogP contribution < -0.4 is 0 Å². The molecule has 11 heavy (non-hydrogen) atoms. The molecule has 1 unspecified atom stereocenters. The minimum atomic E-state index is -0.181. The molecule has 0 radical (unpaired) electrons. The van der Waals surface area contributed by atoms with Crippen molar-refractivity contribution in [2.45, 2.75) is 24.1 Å². The number of methoxy groups -OCH3 is 1. The van der Waals surface area contributed by atoms with Crippen LogP contribution >= 0.6 is 31.9 Å². The summed E-state index contributed by atoms with van der Waals surface area (Å²) in [6, 6.07) is 0. The van der Waals surface area contributed by atoms with Gasteiger partial charge in [0.15, 0.2) is 0 Å². The Hall–Kier alpha value is 0.430. The van der Waals surface area contributed by atoms with Crippen molar-refractivity contribution in [3.05, 3.63) is 0 Å². The van der Waals surface area contributed by atoms with Crippen molar-refractivity contribution < 1.29 is 9.53 Å². The van der Waals surface area contributed by atoms with Crippen molar-refractivity contribution in [3.63, 3.8) is 0 Å². The molecule has 0 aromatic rings.